The van der Waals surface area contributed by atoms with Gasteiger partial charge in [0.05, 0.1) is 31.1 Å². The molecule has 0 saturated heterocycles. The highest BCUT2D eigenvalue weighted by molar-refractivity contribution is 6.02. The Kier molecular flexibility index (Phi) is 5.11. The van der Waals surface area contributed by atoms with Crippen LogP contribution in [0.2, 0.25) is 0 Å². The number of ether oxygens (including phenoxy) is 1. The van der Waals surface area contributed by atoms with Gasteiger partial charge in [-0.2, -0.15) is 13.8 Å². The van der Waals surface area contributed by atoms with Crippen molar-refractivity contribution in [1.82, 2.24) is 9.97 Å². The molecular weight excluding hydrogens is 412 g/mol. The fourth-order valence-corrected chi connectivity index (χ4v) is 3.63. The Labute approximate surface area is 176 Å². The summed E-state index contributed by atoms with van der Waals surface area (Å²) >= 11 is 0. The molecule has 0 spiro atoms. The first-order valence-corrected chi connectivity index (χ1v) is 9.69. The number of nitrogens with zero attached hydrogens (tertiary/aromatic N) is 4. The van der Waals surface area contributed by atoms with Crippen LogP contribution in [0.25, 0.3) is 0 Å². The number of carboxylic acid groups (broad SMARTS) is 1. The summed E-state index contributed by atoms with van der Waals surface area (Å²) in [7, 11) is 2.68. The number of aromatic carboxylic acids is 1. The van der Waals surface area contributed by atoms with Crippen molar-refractivity contribution in [2.75, 3.05) is 35.8 Å². The number of hydrogen-bond donors (Lipinski definition) is 2. The minimum atomic E-state index is -3.55. The summed E-state index contributed by atoms with van der Waals surface area (Å²) in [5.41, 5.74) is 0.655. The molecule has 164 valence electrons. The van der Waals surface area contributed by atoms with Gasteiger partial charge in [0.2, 0.25) is 5.95 Å². The number of nitrogens with one attached hydrogen (secondary N) is 1. The largest absolute Gasteiger partial charge is 0.495 e. The lowest BCUT2D eigenvalue weighted by atomic mass is 9.91. The first kappa shape index (κ1) is 20.8. The number of benzene rings is 1. The maximum Gasteiger partial charge on any atom is 0.342 e. The molecule has 1 fully saturated rings. The van der Waals surface area contributed by atoms with Gasteiger partial charge in [0.25, 0.3) is 5.91 Å². The van der Waals surface area contributed by atoms with Crippen molar-refractivity contribution >= 4 is 35.0 Å². The third kappa shape index (κ3) is 3.71. The van der Waals surface area contributed by atoms with Crippen molar-refractivity contribution in [3.63, 3.8) is 0 Å². The van der Waals surface area contributed by atoms with Crippen molar-refractivity contribution in [3.05, 3.63) is 30.0 Å². The lowest BCUT2D eigenvalue weighted by Gasteiger charge is -2.38. The number of carbonyl (C=O) groups excluding carboxylic acids is 1. The molecule has 1 aliphatic heterocycles. The number of amides is 1. The Bertz CT molecular complexity index is 1040. The molecule has 11 heteroatoms. The number of rotatable bonds is 5. The molecule has 0 atom stereocenters. The van der Waals surface area contributed by atoms with Crippen molar-refractivity contribution in [3.8, 4) is 5.75 Å². The molecule has 1 saturated carbocycles. The van der Waals surface area contributed by atoms with E-state index in [2.05, 4.69) is 15.3 Å². The molecule has 4 rings (SSSR count). The average molecular weight is 433 g/mol. The van der Waals surface area contributed by atoms with Crippen LogP contribution in [-0.2, 0) is 4.79 Å². The summed E-state index contributed by atoms with van der Waals surface area (Å²) in [4.78, 5) is 34.4. The number of carbonyl (C=O) groups is 2. The summed E-state index contributed by atoms with van der Waals surface area (Å²) in [6, 6.07) is 4.12. The van der Waals surface area contributed by atoms with Crippen molar-refractivity contribution < 1.29 is 28.2 Å². The van der Waals surface area contributed by atoms with Gasteiger partial charge in [-0.05, 0) is 37.5 Å². The van der Waals surface area contributed by atoms with Crippen LogP contribution < -0.4 is 19.9 Å². The standard InChI is InChI=1S/C20H21F2N5O4/c1-26-14-9-23-19(24-13-7-6-11(17(28)29)8-15(13)31-2)25-16(14)27(12-4-3-5-12)10-20(21,22)18(26)30/h6-9,12H,3-5,10H2,1-2H3,(H,28,29)(H,23,24,25). The van der Waals surface area contributed by atoms with Gasteiger partial charge < -0.3 is 25.0 Å². The molecule has 2 N–H and O–H groups in total. The molecule has 1 aromatic carbocycles. The maximum absolute atomic E-state index is 14.5. The number of hydrogen-bond acceptors (Lipinski definition) is 7. The molecule has 0 bridgehead atoms. The zero-order chi connectivity index (χ0) is 22.3. The number of methoxy groups -OCH3 is 1. The molecule has 9 nitrogen and oxygen atoms in total. The van der Waals surface area contributed by atoms with E-state index in [0.29, 0.717) is 5.69 Å². The van der Waals surface area contributed by atoms with Crippen LogP contribution in [-0.4, -0.2) is 59.6 Å². The van der Waals surface area contributed by atoms with E-state index in [1.165, 1.54) is 43.5 Å². The summed E-state index contributed by atoms with van der Waals surface area (Å²) in [6.07, 6.45) is 3.73. The zero-order valence-corrected chi connectivity index (χ0v) is 16.9. The van der Waals surface area contributed by atoms with E-state index >= 15 is 0 Å². The van der Waals surface area contributed by atoms with E-state index in [0.717, 1.165) is 24.2 Å². The normalized spacial score (nSPS) is 18.1. The van der Waals surface area contributed by atoms with E-state index in [9.17, 15) is 18.4 Å². The third-order valence-corrected chi connectivity index (χ3v) is 5.58. The Balaban J connectivity index is 1.73. The minimum absolute atomic E-state index is 0.0452. The Morgan fingerprint density at radius 1 is 1.35 bits per heavy atom. The molecule has 0 radical (unpaired) electrons. The Hall–Kier alpha value is -3.50. The first-order chi connectivity index (χ1) is 14.7. The van der Waals surface area contributed by atoms with E-state index in [1.54, 1.807) is 0 Å². The maximum atomic E-state index is 14.5. The SMILES string of the molecule is COc1cc(C(=O)O)ccc1Nc1ncc2c(n1)N(C1CCC1)CC(F)(F)C(=O)N2C. The highest BCUT2D eigenvalue weighted by Crippen LogP contribution is 2.40. The number of alkyl halides is 2. The van der Waals surface area contributed by atoms with Crippen molar-refractivity contribution in [2.24, 2.45) is 0 Å². The van der Waals surface area contributed by atoms with Crippen LogP contribution >= 0.6 is 0 Å². The highest BCUT2D eigenvalue weighted by atomic mass is 19.3. The van der Waals surface area contributed by atoms with E-state index in [4.69, 9.17) is 9.84 Å². The minimum Gasteiger partial charge on any atom is -0.495 e. The molecule has 2 heterocycles. The summed E-state index contributed by atoms with van der Waals surface area (Å²) < 4.78 is 34.3. The summed E-state index contributed by atoms with van der Waals surface area (Å²) in [5.74, 6) is -5.34. The fourth-order valence-electron chi connectivity index (χ4n) is 3.63. The van der Waals surface area contributed by atoms with Gasteiger partial charge in [-0.25, -0.2) is 9.78 Å². The third-order valence-electron chi connectivity index (χ3n) is 5.58. The molecule has 31 heavy (non-hydrogen) atoms. The topological polar surface area (TPSA) is 108 Å². The van der Waals surface area contributed by atoms with Crippen LogP contribution in [0, 0.1) is 0 Å². The lowest BCUT2D eigenvalue weighted by Crippen LogP contribution is -2.50. The number of anilines is 4. The van der Waals surface area contributed by atoms with E-state index < -0.39 is 24.3 Å². The van der Waals surface area contributed by atoms with Gasteiger partial charge in [0.1, 0.15) is 11.4 Å². The van der Waals surface area contributed by atoms with Gasteiger partial charge in [0.15, 0.2) is 5.82 Å². The molecule has 0 unspecified atom stereocenters. The fraction of sp³-hybridized carbons (Fsp3) is 0.400. The first-order valence-electron chi connectivity index (χ1n) is 9.69. The molecule has 1 aliphatic carbocycles. The van der Waals surface area contributed by atoms with Crippen LogP contribution in [0.4, 0.5) is 31.9 Å². The number of aromatic nitrogens is 2. The molecule has 2 aliphatic rings. The predicted octanol–water partition coefficient (Wildman–Crippen LogP) is 2.90. The Morgan fingerprint density at radius 2 is 2.10 bits per heavy atom. The molecule has 1 aromatic heterocycles. The van der Waals surface area contributed by atoms with Gasteiger partial charge in [-0.1, -0.05) is 0 Å². The molecule has 2 aromatic rings. The number of carboxylic acids is 1. The van der Waals surface area contributed by atoms with Crippen molar-refractivity contribution in [1.29, 1.82) is 0 Å². The predicted molar refractivity (Wildman–Crippen MR) is 109 cm³/mol. The summed E-state index contributed by atoms with van der Waals surface area (Å²) in [5, 5.41) is 12.1. The lowest BCUT2D eigenvalue weighted by molar-refractivity contribution is -0.140. The van der Waals surface area contributed by atoms with E-state index in [-0.39, 0.29) is 34.8 Å². The van der Waals surface area contributed by atoms with Crippen molar-refractivity contribution in [2.45, 2.75) is 31.2 Å². The molecule has 1 amide bonds. The molecular formula is C20H21F2N5O4. The Morgan fingerprint density at radius 3 is 2.71 bits per heavy atom. The van der Waals surface area contributed by atoms with Crippen LogP contribution in [0.3, 0.4) is 0 Å². The van der Waals surface area contributed by atoms with Gasteiger partial charge in [-0.15, -0.1) is 0 Å². The van der Waals surface area contributed by atoms with E-state index in [1.807, 2.05) is 0 Å². The average Bonchev–Trinajstić information content (AvgIpc) is 2.76. The second-order valence-corrected chi connectivity index (χ2v) is 7.53. The van der Waals surface area contributed by atoms with Crippen LogP contribution in [0.5, 0.6) is 5.75 Å². The summed E-state index contributed by atoms with van der Waals surface area (Å²) in [6.45, 7) is -0.749. The van der Waals surface area contributed by atoms with Gasteiger partial charge >= 0.3 is 11.9 Å². The van der Waals surface area contributed by atoms with Crippen LogP contribution in [0.15, 0.2) is 24.4 Å². The van der Waals surface area contributed by atoms with Crippen LogP contribution in [0.1, 0.15) is 29.6 Å². The second-order valence-electron chi connectivity index (χ2n) is 7.53. The zero-order valence-electron chi connectivity index (χ0n) is 16.9. The monoisotopic (exact) mass is 433 g/mol. The number of fused-ring (bicyclic) bond motifs is 1. The van der Waals surface area contributed by atoms with Gasteiger partial charge in [-0.3, -0.25) is 4.79 Å². The second kappa shape index (κ2) is 7.64. The quantitative estimate of drug-likeness (QED) is 0.741. The smallest absolute Gasteiger partial charge is 0.342 e. The van der Waals surface area contributed by atoms with Gasteiger partial charge in [0, 0.05) is 13.1 Å². The number of halogens is 2. The highest BCUT2D eigenvalue weighted by Gasteiger charge is 2.49.